The predicted octanol–water partition coefficient (Wildman–Crippen LogP) is 1.75. The average molecular weight is 240 g/mol. The van der Waals surface area contributed by atoms with Crippen molar-refractivity contribution in [2.24, 2.45) is 0 Å². The lowest BCUT2D eigenvalue weighted by atomic mass is 10.4. The number of esters is 1. The molecule has 84 valence electrons. The van der Waals surface area contributed by atoms with Gasteiger partial charge in [0.2, 0.25) is 0 Å². The van der Waals surface area contributed by atoms with E-state index in [1.54, 1.807) is 23.6 Å². The molecule has 0 aromatic carbocycles. The Bertz CT molecular complexity index is 550. The summed E-state index contributed by atoms with van der Waals surface area (Å²) in [5, 5.41) is 0.411. The standard InChI is InChI=1S/C10H10ClN3O2/c1-2-16-10(15)7-5-13-9-8(12)6(11)3-4-14(7)9/h3-5H,2,12H2,1H3. The molecule has 0 aliphatic rings. The Labute approximate surface area is 96.8 Å². The van der Waals surface area contributed by atoms with Gasteiger partial charge in [-0.1, -0.05) is 11.6 Å². The first-order chi connectivity index (χ1) is 7.65. The topological polar surface area (TPSA) is 69.6 Å². The van der Waals surface area contributed by atoms with Gasteiger partial charge in [0.15, 0.2) is 11.3 Å². The van der Waals surface area contributed by atoms with Crippen LogP contribution in [0.2, 0.25) is 5.02 Å². The average Bonchev–Trinajstić information content (AvgIpc) is 2.68. The molecule has 0 aliphatic carbocycles. The van der Waals surface area contributed by atoms with Crippen LogP contribution >= 0.6 is 11.6 Å². The summed E-state index contributed by atoms with van der Waals surface area (Å²) in [5.74, 6) is -0.434. The fourth-order valence-corrected chi connectivity index (χ4v) is 1.54. The molecule has 0 spiro atoms. The van der Waals surface area contributed by atoms with E-state index in [-0.39, 0.29) is 0 Å². The number of ether oxygens (including phenoxy) is 1. The number of hydrogen-bond donors (Lipinski definition) is 1. The zero-order valence-electron chi connectivity index (χ0n) is 8.61. The molecule has 0 bridgehead atoms. The lowest BCUT2D eigenvalue weighted by Crippen LogP contribution is -2.08. The molecule has 2 heterocycles. The Hall–Kier alpha value is -1.75. The number of rotatable bonds is 2. The second-order valence-corrected chi connectivity index (χ2v) is 3.54. The summed E-state index contributed by atoms with van der Waals surface area (Å²) in [6.07, 6.45) is 3.05. The molecule has 5 nitrogen and oxygen atoms in total. The van der Waals surface area contributed by atoms with Gasteiger partial charge in [0.25, 0.3) is 0 Å². The first-order valence-corrected chi connectivity index (χ1v) is 5.11. The Morgan fingerprint density at radius 3 is 3.12 bits per heavy atom. The SMILES string of the molecule is CCOC(=O)c1cnc2c(N)c(Cl)ccn12. The summed E-state index contributed by atoms with van der Waals surface area (Å²) >= 11 is 5.84. The van der Waals surface area contributed by atoms with E-state index in [2.05, 4.69) is 4.98 Å². The third kappa shape index (κ3) is 1.59. The van der Waals surface area contributed by atoms with Crippen molar-refractivity contribution in [1.29, 1.82) is 0 Å². The van der Waals surface area contributed by atoms with E-state index in [1.807, 2.05) is 0 Å². The summed E-state index contributed by atoms with van der Waals surface area (Å²) in [6.45, 7) is 2.06. The summed E-state index contributed by atoms with van der Waals surface area (Å²) in [7, 11) is 0. The zero-order valence-corrected chi connectivity index (χ0v) is 9.36. The number of hydrogen-bond acceptors (Lipinski definition) is 4. The fourth-order valence-electron chi connectivity index (χ4n) is 1.40. The van der Waals surface area contributed by atoms with E-state index in [0.717, 1.165) is 0 Å². The largest absolute Gasteiger partial charge is 0.461 e. The number of imidazole rings is 1. The van der Waals surface area contributed by atoms with Crippen LogP contribution in [0.4, 0.5) is 5.69 Å². The van der Waals surface area contributed by atoms with Crippen molar-refractivity contribution < 1.29 is 9.53 Å². The molecule has 0 saturated carbocycles. The molecule has 0 aliphatic heterocycles. The lowest BCUT2D eigenvalue weighted by molar-refractivity contribution is 0.0518. The van der Waals surface area contributed by atoms with Gasteiger partial charge in [0, 0.05) is 6.20 Å². The highest BCUT2D eigenvalue weighted by Crippen LogP contribution is 2.23. The van der Waals surface area contributed by atoms with Crippen molar-refractivity contribution in [3.63, 3.8) is 0 Å². The van der Waals surface area contributed by atoms with Gasteiger partial charge in [-0.2, -0.15) is 0 Å². The van der Waals surface area contributed by atoms with Crippen molar-refractivity contribution in [2.75, 3.05) is 12.3 Å². The molecule has 0 amide bonds. The maximum Gasteiger partial charge on any atom is 0.356 e. The first kappa shape index (κ1) is 10.8. The normalized spacial score (nSPS) is 10.6. The van der Waals surface area contributed by atoms with Crippen LogP contribution in [-0.2, 0) is 4.74 Å². The third-order valence-electron chi connectivity index (χ3n) is 2.15. The van der Waals surface area contributed by atoms with Crippen molar-refractivity contribution >= 4 is 28.9 Å². The molecule has 0 unspecified atom stereocenters. The van der Waals surface area contributed by atoms with E-state index < -0.39 is 5.97 Å². The van der Waals surface area contributed by atoms with Crippen LogP contribution in [0, 0.1) is 0 Å². The fraction of sp³-hybridized carbons (Fsp3) is 0.200. The Morgan fingerprint density at radius 2 is 2.44 bits per heavy atom. The number of nitrogen functional groups attached to an aromatic ring is 1. The summed E-state index contributed by atoms with van der Waals surface area (Å²) in [4.78, 5) is 15.6. The summed E-state index contributed by atoms with van der Waals surface area (Å²) < 4.78 is 6.45. The molecule has 2 rings (SSSR count). The van der Waals surface area contributed by atoms with Crippen molar-refractivity contribution in [3.05, 3.63) is 29.2 Å². The van der Waals surface area contributed by atoms with Crippen LogP contribution in [0.3, 0.4) is 0 Å². The van der Waals surface area contributed by atoms with Gasteiger partial charge in [0.05, 0.1) is 23.5 Å². The van der Waals surface area contributed by atoms with E-state index >= 15 is 0 Å². The molecule has 2 aromatic rings. The molecule has 2 N–H and O–H groups in total. The van der Waals surface area contributed by atoms with Crippen molar-refractivity contribution in [3.8, 4) is 0 Å². The van der Waals surface area contributed by atoms with Gasteiger partial charge >= 0.3 is 5.97 Å². The van der Waals surface area contributed by atoms with Crippen LogP contribution in [0.15, 0.2) is 18.5 Å². The van der Waals surface area contributed by atoms with Crippen LogP contribution < -0.4 is 5.73 Å². The Morgan fingerprint density at radius 1 is 1.69 bits per heavy atom. The zero-order chi connectivity index (χ0) is 11.7. The van der Waals surface area contributed by atoms with Crippen molar-refractivity contribution in [2.45, 2.75) is 6.92 Å². The number of fused-ring (bicyclic) bond motifs is 1. The molecular weight excluding hydrogens is 230 g/mol. The smallest absolute Gasteiger partial charge is 0.356 e. The van der Waals surface area contributed by atoms with Crippen molar-refractivity contribution in [1.82, 2.24) is 9.38 Å². The van der Waals surface area contributed by atoms with Gasteiger partial charge in [-0.15, -0.1) is 0 Å². The number of pyridine rings is 1. The van der Waals surface area contributed by atoms with Crippen LogP contribution in [0.25, 0.3) is 5.65 Å². The van der Waals surface area contributed by atoms with E-state index in [1.165, 1.54) is 6.20 Å². The number of carbonyl (C=O) groups is 1. The first-order valence-electron chi connectivity index (χ1n) is 4.73. The number of nitrogens with zero attached hydrogens (tertiary/aromatic N) is 2. The van der Waals surface area contributed by atoms with E-state index in [4.69, 9.17) is 22.1 Å². The number of carbonyl (C=O) groups excluding carboxylic acids is 1. The summed E-state index contributed by atoms with van der Waals surface area (Å²) in [5.41, 5.74) is 6.87. The van der Waals surface area contributed by atoms with Crippen LogP contribution in [-0.4, -0.2) is 22.0 Å². The Kier molecular flexibility index (Phi) is 2.70. The molecule has 0 atom stereocenters. The molecular formula is C10H10ClN3O2. The number of anilines is 1. The van der Waals surface area contributed by atoms with Gasteiger partial charge in [-0.25, -0.2) is 9.78 Å². The molecule has 0 fully saturated rings. The minimum absolute atomic E-state index is 0.315. The third-order valence-corrected chi connectivity index (χ3v) is 2.48. The molecule has 0 saturated heterocycles. The minimum Gasteiger partial charge on any atom is -0.461 e. The van der Waals surface area contributed by atoms with Crippen LogP contribution in [0.5, 0.6) is 0 Å². The number of aromatic nitrogens is 2. The van der Waals surface area contributed by atoms with E-state index in [0.29, 0.717) is 28.7 Å². The highest BCUT2D eigenvalue weighted by molar-refractivity contribution is 6.33. The Balaban J connectivity index is 2.58. The second-order valence-electron chi connectivity index (χ2n) is 3.13. The summed E-state index contributed by atoms with van der Waals surface area (Å²) in [6, 6.07) is 1.61. The number of halogens is 1. The molecule has 16 heavy (non-hydrogen) atoms. The number of nitrogens with two attached hydrogens (primary N) is 1. The second kappa shape index (κ2) is 4.02. The predicted molar refractivity (Wildman–Crippen MR) is 60.6 cm³/mol. The molecule has 6 heteroatoms. The van der Waals surface area contributed by atoms with Gasteiger partial charge in [-0.3, -0.25) is 4.40 Å². The van der Waals surface area contributed by atoms with Crippen LogP contribution in [0.1, 0.15) is 17.4 Å². The highest BCUT2D eigenvalue weighted by atomic mass is 35.5. The highest BCUT2D eigenvalue weighted by Gasteiger charge is 2.15. The molecule has 0 radical (unpaired) electrons. The lowest BCUT2D eigenvalue weighted by Gasteiger charge is -2.03. The van der Waals surface area contributed by atoms with Gasteiger partial charge in [-0.05, 0) is 13.0 Å². The maximum atomic E-state index is 11.6. The monoisotopic (exact) mass is 239 g/mol. The quantitative estimate of drug-likeness (QED) is 0.811. The van der Waals surface area contributed by atoms with Gasteiger partial charge in [0.1, 0.15) is 0 Å². The van der Waals surface area contributed by atoms with E-state index in [9.17, 15) is 4.79 Å². The molecule has 2 aromatic heterocycles. The van der Waals surface area contributed by atoms with Gasteiger partial charge < -0.3 is 10.5 Å². The maximum absolute atomic E-state index is 11.6. The minimum atomic E-state index is -0.434.